The summed E-state index contributed by atoms with van der Waals surface area (Å²) in [6.45, 7) is 3.05. The molecule has 0 aromatic carbocycles. The molecular weight excluding hydrogens is 324 g/mol. The first kappa shape index (κ1) is 17.3. The average molecular weight is 348 g/mol. The molecule has 0 amide bonds. The molecule has 1 aliphatic heterocycles. The first-order valence-corrected chi connectivity index (χ1v) is 9.92. The maximum atomic E-state index is 12.8. The predicted molar refractivity (Wildman–Crippen MR) is 91.4 cm³/mol. The van der Waals surface area contributed by atoms with Crippen LogP contribution >= 0.6 is 0 Å². The second-order valence-corrected chi connectivity index (χ2v) is 8.85. The number of pyridine rings is 1. The average Bonchev–Trinajstić information content (AvgIpc) is 3.45. The Balaban J connectivity index is 1.62. The van der Waals surface area contributed by atoms with Crippen LogP contribution in [0.25, 0.3) is 0 Å². The van der Waals surface area contributed by atoms with Gasteiger partial charge < -0.3 is 0 Å². The Bertz CT molecular complexity index is 714. The molecule has 1 aromatic heterocycles. The van der Waals surface area contributed by atoms with Gasteiger partial charge in [0.25, 0.3) is 10.2 Å². The van der Waals surface area contributed by atoms with Crippen LogP contribution in [-0.4, -0.2) is 48.2 Å². The molecule has 0 radical (unpaired) electrons. The van der Waals surface area contributed by atoms with Gasteiger partial charge in [-0.15, -0.1) is 0 Å². The summed E-state index contributed by atoms with van der Waals surface area (Å²) in [6, 6.07) is 5.80. The summed E-state index contributed by atoms with van der Waals surface area (Å²) in [6.07, 6.45) is 5.39. The van der Waals surface area contributed by atoms with Crippen LogP contribution in [0.3, 0.4) is 0 Å². The Morgan fingerprint density at radius 2 is 1.96 bits per heavy atom. The molecule has 6 nitrogen and oxygen atoms in total. The van der Waals surface area contributed by atoms with Crippen molar-refractivity contribution in [3.63, 3.8) is 0 Å². The third-order valence-corrected chi connectivity index (χ3v) is 7.43. The van der Waals surface area contributed by atoms with Crippen molar-refractivity contribution < 1.29 is 8.42 Å². The molecule has 1 saturated heterocycles. The number of hydrogen-bond donors (Lipinski definition) is 0. The van der Waals surface area contributed by atoms with Gasteiger partial charge in [0, 0.05) is 44.0 Å². The second-order valence-electron chi connectivity index (χ2n) is 6.86. The molecule has 2 heterocycles. The number of aromatic nitrogens is 1. The van der Waals surface area contributed by atoms with Crippen molar-refractivity contribution in [1.82, 2.24) is 13.6 Å². The van der Waals surface area contributed by atoms with E-state index in [1.165, 1.54) is 0 Å². The van der Waals surface area contributed by atoms with Crippen LogP contribution in [0.15, 0.2) is 18.3 Å². The molecule has 7 heteroatoms. The second kappa shape index (κ2) is 6.79. The highest BCUT2D eigenvalue weighted by Gasteiger charge is 2.39. The van der Waals surface area contributed by atoms with Crippen molar-refractivity contribution in [2.75, 3.05) is 20.1 Å². The molecule has 24 heavy (non-hydrogen) atoms. The third-order valence-electron chi connectivity index (χ3n) is 5.36. The van der Waals surface area contributed by atoms with Crippen molar-refractivity contribution in [2.24, 2.45) is 5.92 Å². The van der Waals surface area contributed by atoms with Gasteiger partial charge in [0.15, 0.2) is 0 Å². The molecule has 3 rings (SSSR count). The Morgan fingerprint density at radius 1 is 1.29 bits per heavy atom. The normalized spacial score (nSPS) is 21.6. The Morgan fingerprint density at radius 3 is 2.46 bits per heavy atom. The standard InChI is InChI=1S/C17H24N4O2S/c1-13(15-4-5-15)20(2)24(22,23)21-9-7-16(8-10-21)17-6-3-14(11-18)12-19-17/h3,6,12-13,15-16H,4-5,7-10H2,1-2H3. The first-order valence-electron chi connectivity index (χ1n) is 8.52. The highest BCUT2D eigenvalue weighted by Crippen LogP contribution is 2.36. The summed E-state index contributed by atoms with van der Waals surface area (Å²) in [5, 5.41) is 8.84. The summed E-state index contributed by atoms with van der Waals surface area (Å²) >= 11 is 0. The lowest BCUT2D eigenvalue weighted by Gasteiger charge is -2.35. The minimum Gasteiger partial charge on any atom is -0.260 e. The van der Waals surface area contributed by atoms with Crippen molar-refractivity contribution in [3.05, 3.63) is 29.6 Å². The van der Waals surface area contributed by atoms with E-state index in [4.69, 9.17) is 5.26 Å². The van der Waals surface area contributed by atoms with E-state index in [0.717, 1.165) is 31.4 Å². The van der Waals surface area contributed by atoms with Gasteiger partial charge in [-0.2, -0.15) is 22.3 Å². The molecular formula is C17H24N4O2S. The van der Waals surface area contributed by atoms with E-state index in [9.17, 15) is 8.42 Å². The van der Waals surface area contributed by atoms with Crippen molar-refractivity contribution in [1.29, 1.82) is 5.26 Å². The van der Waals surface area contributed by atoms with Crippen LogP contribution in [0, 0.1) is 17.2 Å². The molecule has 2 fully saturated rings. The largest absolute Gasteiger partial charge is 0.281 e. The van der Waals surface area contributed by atoms with E-state index in [0.29, 0.717) is 24.6 Å². The number of nitrogens with zero attached hydrogens (tertiary/aromatic N) is 4. The summed E-state index contributed by atoms with van der Waals surface area (Å²) in [5.74, 6) is 0.778. The van der Waals surface area contributed by atoms with E-state index in [1.807, 2.05) is 13.0 Å². The van der Waals surface area contributed by atoms with Gasteiger partial charge in [0.1, 0.15) is 6.07 Å². The quantitative estimate of drug-likeness (QED) is 0.816. The SMILES string of the molecule is CC(C1CC1)N(C)S(=O)(=O)N1CCC(c2ccc(C#N)cn2)CC1. The molecule has 1 aliphatic carbocycles. The highest BCUT2D eigenvalue weighted by molar-refractivity contribution is 7.86. The van der Waals surface area contributed by atoms with Crippen LogP contribution < -0.4 is 0 Å². The zero-order chi connectivity index (χ0) is 17.3. The van der Waals surface area contributed by atoms with Gasteiger partial charge >= 0.3 is 0 Å². The summed E-state index contributed by atoms with van der Waals surface area (Å²) in [4.78, 5) is 4.35. The molecule has 1 saturated carbocycles. The Hall–Kier alpha value is -1.49. The van der Waals surface area contributed by atoms with E-state index in [2.05, 4.69) is 11.1 Å². The number of rotatable bonds is 5. The number of piperidine rings is 1. The molecule has 1 atom stereocenters. The van der Waals surface area contributed by atoms with Gasteiger partial charge in [-0.25, -0.2) is 0 Å². The molecule has 0 bridgehead atoms. The zero-order valence-corrected chi connectivity index (χ0v) is 15.0. The van der Waals surface area contributed by atoms with Gasteiger partial charge in [-0.05, 0) is 50.7 Å². The van der Waals surface area contributed by atoms with Crippen LogP contribution in [0.1, 0.15) is 49.8 Å². The maximum absolute atomic E-state index is 12.8. The minimum atomic E-state index is -3.38. The summed E-state index contributed by atoms with van der Waals surface area (Å²) < 4.78 is 28.7. The van der Waals surface area contributed by atoms with Crippen LogP contribution in [0.2, 0.25) is 0 Å². The highest BCUT2D eigenvalue weighted by atomic mass is 32.2. The van der Waals surface area contributed by atoms with Crippen molar-refractivity contribution in [3.8, 4) is 6.07 Å². The lowest BCUT2D eigenvalue weighted by Crippen LogP contribution is -2.48. The van der Waals surface area contributed by atoms with E-state index >= 15 is 0 Å². The Kier molecular flexibility index (Phi) is 4.90. The van der Waals surface area contributed by atoms with E-state index in [1.54, 1.807) is 27.9 Å². The smallest absolute Gasteiger partial charge is 0.260 e. The molecule has 0 spiro atoms. The van der Waals surface area contributed by atoms with Crippen LogP contribution in [0.4, 0.5) is 0 Å². The fourth-order valence-electron chi connectivity index (χ4n) is 3.36. The molecule has 0 N–H and O–H groups in total. The fourth-order valence-corrected chi connectivity index (χ4v) is 4.99. The van der Waals surface area contributed by atoms with Crippen LogP contribution in [0.5, 0.6) is 0 Å². The van der Waals surface area contributed by atoms with Gasteiger partial charge in [0.2, 0.25) is 0 Å². The predicted octanol–water partition coefficient (Wildman–Crippen LogP) is 2.11. The lowest BCUT2D eigenvalue weighted by molar-refractivity contribution is 0.271. The molecule has 1 aromatic rings. The summed E-state index contributed by atoms with van der Waals surface area (Å²) in [7, 11) is -1.68. The molecule has 2 aliphatic rings. The third kappa shape index (κ3) is 3.46. The lowest BCUT2D eigenvalue weighted by atomic mass is 9.94. The molecule has 1 unspecified atom stereocenters. The monoisotopic (exact) mass is 348 g/mol. The number of hydrogen-bond acceptors (Lipinski definition) is 4. The van der Waals surface area contributed by atoms with Gasteiger partial charge in [0.05, 0.1) is 5.56 Å². The maximum Gasteiger partial charge on any atom is 0.281 e. The molecule has 130 valence electrons. The zero-order valence-electron chi connectivity index (χ0n) is 14.2. The number of nitriles is 1. The van der Waals surface area contributed by atoms with E-state index in [-0.39, 0.29) is 12.0 Å². The minimum absolute atomic E-state index is 0.0768. The van der Waals surface area contributed by atoms with E-state index < -0.39 is 10.2 Å². The Labute approximate surface area is 144 Å². The van der Waals surface area contributed by atoms with Gasteiger partial charge in [-0.1, -0.05) is 0 Å². The fraction of sp³-hybridized carbons (Fsp3) is 0.647. The van der Waals surface area contributed by atoms with Crippen molar-refractivity contribution >= 4 is 10.2 Å². The first-order chi connectivity index (χ1) is 11.4. The van der Waals surface area contributed by atoms with Crippen LogP contribution in [-0.2, 0) is 10.2 Å². The van der Waals surface area contributed by atoms with Crippen molar-refractivity contribution in [2.45, 2.75) is 44.6 Å². The summed E-state index contributed by atoms with van der Waals surface area (Å²) in [5.41, 5.74) is 1.50. The van der Waals surface area contributed by atoms with Gasteiger partial charge in [-0.3, -0.25) is 4.98 Å². The topological polar surface area (TPSA) is 77.3 Å².